The van der Waals surface area contributed by atoms with Gasteiger partial charge in [0.25, 0.3) is 0 Å². The number of aliphatic imine (C=N–C) groups is 1. The molecule has 0 N–H and O–H groups in total. The minimum atomic E-state index is 0.142. The molecule has 2 heterocycles. The first kappa shape index (κ1) is 24.4. The molecule has 0 aliphatic carbocycles. The Kier molecular flexibility index (Phi) is 12.8. The van der Waals surface area contributed by atoms with Crippen molar-refractivity contribution in [2.45, 2.75) is 47.5 Å². The van der Waals surface area contributed by atoms with Gasteiger partial charge < -0.3 is 0 Å². The van der Waals surface area contributed by atoms with Crippen LogP contribution in [0.1, 0.15) is 53.0 Å². The first-order valence-electron chi connectivity index (χ1n) is 9.05. The molecule has 5 heteroatoms. The second-order valence-corrected chi connectivity index (χ2v) is 5.48. The first-order chi connectivity index (χ1) is 12.6. The van der Waals surface area contributed by atoms with Crippen molar-refractivity contribution in [2.75, 3.05) is 12.9 Å². The fourth-order valence-corrected chi connectivity index (χ4v) is 2.70. The smallest absolute Gasteiger partial charge is 0.0832 e. The quantitative estimate of drug-likeness (QED) is 0.500. The third kappa shape index (κ3) is 6.97. The molecular formula is C21H31Cl2N3. The van der Waals surface area contributed by atoms with Crippen LogP contribution in [0, 0.1) is 0 Å². The number of hydrogen-bond donors (Lipinski definition) is 0. The van der Waals surface area contributed by atoms with Gasteiger partial charge in [-0.05, 0) is 30.7 Å². The van der Waals surface area contributed by atoms with E-state index in [0.29, 0.717) is 0 Å². The van der Waals surface area contributed by atoms with Crippen LogP contribution in [0.4, 0.5) is 0 Å². The summed E-state index contributed by atoms with van der Waals surface area (Å²) in [5.74, 6) is 0.142. The van der Waals surface area contributed by atoms with Crippen molar-refractivity contribution in [3.05, 3.63) is 58.9 Å². The molecule has 2 aliphatic rings. The lowest BCUT2D eigenvalue weighted by Gasteiger charge is -2.23. The fraction of sp³-hybridized carbons (Fsp3) is 0.429. The van der Waals surface area contributed by atoms with Crippen molar-refractivity contribution in [2.24, 2.45) is 10.1 Å². The number of allylic oxidation sites excluding steroid dienone is 2. The molecule has 0 spiro atoms. The molecule has 0 radical (unpaired) electrons. The summed E-state index contributed by atoms with van der Waals surface area (Å²) < 4.78 is 0. The van der Waals surface area contributed by atoms with Crippen LogP contribution in [-0.2, 0) is 0 Å². The third-order valence-electron chi connectivity index (χ3n) is 3.51. The lowest BCUT2D eigenvalue weighted by atomic mass is 9.95. The van der Waals surface area contributed by atoms with Gasteiger partial charge in [-0.1, -0.05) is 64.4 Å². The largest absolute Gasteiger partial charge is 0.266 e. The Morgan fingerprint density at radius 2 is 1.69 bits per heavy atom. The minimum Gasteiger partial charge on any atom is -0.266 e. The molecule has 1 aromatic rings. The van der Waals surface area contributed by atoms with Gasteiger partial charge in [0, 0.05) is 29.2 Å². The molecule has 26 heavy (non-hydrogen) atoms. The number of halogens is 2. The summed E-state index contributed by atoms with van der Waals surface area (Å²) in [6.45, 7) is 12.8. The molecule has 3 nitrogen and oxygen atoms in total. The standard InChI is InChI=1S/C16H16ClN3.2C2H6.CH3Cl/c1-11-7-8-20-10-13(18-11)9-16(19-20)12(2)14-5-3-4-6-15(14)17;3*1-2/h3-9,12H,10H2,1-2H3;2*1-2H3;1H3. The van der Waals surface area contributed by atoms with E-state index in [1.54, 1.807) is 0 Å². The topological polar surface area (TPSA) is 28.0 Å². The summed E-state index contributed by atoms with van der Waals surface area (Å²) in [5, 5.41) is 7.37. The maximum absolute atomic E-state index is 6.28. The Labute approximate surface area is 169 Å². The van der Waals surface area contributed by atoms with Gasteiger partial charge in [0.15, 0.2) is 0 Å². The van der Waals surface area contributed by atoms with Gasteiger partial charge in [0.05, 0.1) is 18.0 Å². The number of hydrazone groups is 1. The van der Waals surface area contributed by atoms with Gasteiger partial charge in [0.2, 0.25) is 0 Å². The van der Waals surface area contributed by atoms with Crippen LogP contribution in [0.5, 0.6) is 0 Å². The molecule has 144 valence electrons. The molecule has 0 saturated heterocycles. The summed E-state index contributed by atoms with van der Waals surface area (Å²) >= 11 is 10.9. The number of nitrogens with zero attached hydrogens (tertiary/aromatic N) is 3. The van der Waals surface area contributed by atoms with Crippen LogP contribution in [0.25, 0.3) is 0 Å². The molecule has 2 aliphatic heterocycles. The Morgan fingerprint density at radius 3 is 2.31 bits per heavy atom. The number of hydrogen-bond acceptors (Lipinski definition) is 3. The van der Waals surface area contributed by atoms with Gasteiger partial charge >= 0.3 is 0 Å². The van der Waals surface area contributed by atoms with Gasteiger partial charge in [0.1, 0.15) is 0 Å². The van der Waals surface area contributed by atoms with Crippen molar-refractivity contribution >= 4 is 34.6 Å². The van der Waals surface area contributed by atoms with Gasteiger partial charge in [-0.15, -0.1) is 11.6 Å². The second-order valence-electron chi connectivity index (χ2n) is 5.07. The molecule has 0 fully saturated rings. The van der Waals surface area contributed by atoms with E-state index < -0.39 is 0 Å². The second kappa shape index (κ2) is 13.6. The highest BCUT2D eigenvalue weighted by molar-refractivity contribution is 6.31. The molecule has 1 atom stereocenters. The van der Waals surface area contributed by atoms with Crippen LogP contribution in [0.15, 0.2) is 58.4 Å². The lowest BCUT2D eigenvalue weighted by Crippen LogP contribution is -2.22. The Hall–Kier alpha value is -1.58. The van der Waals surface area contributed by atoms with Crippen LogP contribution >= 0.6 is 23.2 Å². The van der Waals surface area contributed by atoms with E-state index in [0.717, 1.165) is 34.3 Å². The molecule has 1 aromatic carbocycles. The summed E-state index contributed by atoms with van der Waals surface area (Å²) in [6, 6.07) is 7.91. The van der Waals surface area contributed by atoms with Crippen molar-refractivity contribution in [3.63, 3.8) is 0 Å². The van der Waals surface area contributed by atoms with Gasteiger partial charge in [-0.3, -0.25) is 10.0 Å². The number of benzene rings is 1. The van der Waals surface area contributed by atoms with Crippen molar-refractivity contribution in [1.82, 2.24) is 5.01 Å². The van der Waals surface area contributed by atoms with E-state index in [2.05, 4.69) is 34.7 Å². The summed E-state index contributed by atoms with van der Waals surface area (Å²) in [4.78, 5) is 4.58. The third-order valence-corrected chi connectivity index (χ3v) is 3.85. The molecular weight excluding hydrogens is 365 g/mol. The zero-order chi connectivity index (χ0) is 20.1. The Bertz CT molecular complexity index is 661. The summed E-state index contributed by atoms with van der Waals surface area (Å²) in [7, 11) is 0. The number of alkyl halides is 1. The maximum atomic E-state index is 6.28. The van der Waals surface area contributed by atoms with E-state index in [-0.39, 0.29) is 5.92 Å². The van der Waals surface area contributed by atoms with Gasteiger partial charge in [-0.2, -0.15) is 5.10 Å². The Balaban J connectivity index is 0.000000948. The van der Waals surface area contributed by atoms with Crippen molar-refractivity contribution in [1.29, 1.82) is 0 Å². The molecule has 3 rings (SSSR count). The average Bonchev–Trinajstić information content (AvgIpc) is 2.83. The van der Waals surface area contributed by atoms with E-state index in [1.165, 1.54) is 6.38 Å². The van der Waals surface area contributed by atoms with E-state index in [9.17, 15) is 0 Å². The summed E-state index contributed by atoms with van der Waals surface area (Å²) in [6.07, 6.45) is 7.49. The maximum Gasteiger partial charge on any atom is 0.0832 e. The molecule has 2 bridgehead atoms. The van der Waals surface area contributed by atoms with E-state index >= 15 is 0 Å². The minimum absolute atomic E-state index is 0.142. The first-order valence-corrected chi connectivity index (χ1v) is 10.2. The Morgan fingerprint density at radius 1 is 1.08 bits per heavy atom. The normalized spacial score (nSPS) is 15.3. The predicted octanol–water partition coefficient (Wildman–Crippen LogP) is 6.89. The van der Waals surface area contributed by atoms with Crippen LogP contribution < -0.4 is 0 Å². The highest BCUT2D eigenvalue weighted by atomic mass is 35.5. The highest BCUT2D eigenvalue weighted by Gasteiger charge is 2.20. The van der Waals surface area contributed by atoms with Crippen molar-refractivity contribution in [3.8, 4) is 0 Å². The molecule has 0 aromatic heterocycles. The molecule has 0 amide bonds. The average molecular weight is 396 g/mol. The number of fused-ring (bicyclic) bond motifs is 2. The summed E-state index contributed by atoms with van der Waals surface area (Å²) in [5.41, 5.74) is 4.12. The molecule has 0 saturated carbocycles. The van der Waals surface area contributed by atoms with Gasteiger partial charge in [-0.25, -0.2) is 0 Å². The molecule has 1 unspecified atom stereocenters. The predicted molar refractivity (Wildman–Crippen MR) is 119 cm³/mol. The highest BCUT2D eigenvalue weighted by Crippen LogP contribution is 2.28. The number of rotatable bonds is 2. The van der Waals surface area contributed by atoms with Crippen LogP contribution in [0.3, 0.4) is 0 Å². The van der Waals surface area contributed by atoms with Crippen molar-refractivity contribution < 1.29 is 0 Å². The SMILES string of the molecule is CC.CC.CC1=NC2=CC(C(C)c3ccccc3Cl)=NN(C=C1)C2.CCl. The van der Waals surface area contributed by atoms with E-state index in [1.807, 2.05) is 76.2 Å². The van der Waals surface area contributed by atoms with Crippen LogP contribution in [0.2, 0.25) is 5.02 Å². The lowest BCUT2D eigenvalue weighted by molar-refractivity contribution is 0.426. The zero-order valence-electron chi connectivity index (χ0n) is 16.9. The van der Waals surface area contributed by atoms with Crippen LogP contribution in [-0.4, -0.2) is 29.4 Å². The zero-order valence-corrected chi connectivity index (χ0v) is 18.4. The monoisotopic (exact) mass is 395 g/mol. The fourth-order valence-electron chi connectivity index (χ4n) is 2.40. The van der Waals surface area contributed by atoms with E-state index in [4.69, 9.17) is 11.6 Å².